The molecule has 4 aliphatic rings. The van der Waals surface area contributed by atoms with Crippen molar-refractivity contribution in [3.05, 3.63) is 17.8 Å². The van der Waals surface area contributed by atoms with Crippen LogP contribution in [0.3, 0.4) is 0 Å². The van der Waals surface area contributed by atoms with Crippen LogP contribution in [-0.2, 0) is 20.4 Å². The topological polar surface area (TPSA) is 67.8 Å². The molecular formula is C25H32F6N4O3. The fourth-order valence-electron chi connectivity index (χ4n) is 7.12. The van der Waals surface area contributed by atoms with Gasteiger partial charge in [0.2, 0.25) is 5.91 Å². The molecule has 2 bridgehead atoms. The van der Waals surface area contributed by atoms with Crippen molar-refractivity contribution in [1.82, 2.24) is 15.1 Å². The Morgan fingerprint density at radius 1 is 1.18 bits per heavy atom. The molecule has 1 aromatic heterocycles. The number of hydrogen-bond donors (Lipinski definition) is 0. The monoisotopic (exact) mass is 550 g/mol. The van der Waals surface area contributed by atoms with E-state index in [1.54, 1.807) is 16.9 Å². The molecular weight excluding hydrogens is 518 g/mol. The van der Waals surface area contributed by atoms with E-state index in [0.29, 0.717) is 38.7 Å². The van der Waals surface area contributed by atoms with Crippen LogP contribution in [0.25, 0.3) is 0 Å². The third kappa shape index (κ3) is 5.45. The van der Waals surface area contributed by atoms with Gasteiger partial charge in [0.15, 0.2) is 5.82 Å². The summed E-state index contributed by atoms with van der Waals surface area (Å²) in [6.45, 7) is 1.44. The van der Waals surface area contributed by atoms with Gasteiger partial charge in [-0.2, -0.15) is 31.4 Å². The highest BCUT2D eigenvalue weighted by molar-refractivity contribution is 5.84. The van der Waals surface area contributed by atoms with Gasteiger partial charge in [0.1, 0.15) is 0 Å². The fourth-order valence-corrected chi connectivity index (χ4v) is 7.12. The summed E-state index contributed by atoms with van der Waals surface area (Å²) < 4.78 is 91.8. The van der Waals surface area contributed by atoms with Crippen LogP contribution < -0.4 is 4.90 Å². The first-order valence-corrected chi connectivity index (χ1v) is 13.0. The second kappa shape index (κ2) is 10.1. The molecule has 0 spiro atoms. The Bertz CT molecular complexity index is 1020. The van der Waals surface area contributed by atoms with Crippen LogP contribution >= 0.6 is 0 Å². The van der Waals surface area contributed by atoms with Crippen molar-refractivity contribution in [1.29, 1.82) is 0 Å². The normalized spacial score (nSPS) is 33.8. The van der Waals surface area contributed by atoms with E-state index in [1.165, 1.54) is 0 Å². The van der Waals surface area contributed by atoms with Crippen LogP contribution in [0.15, 0.2) is 12.3 Å². The van der Waals surface area contributed by atoms with Crippen molar-refractivity contribution in [2.75, 3.05) is 38.3 Å². The van der Waals surface area contributed by atoms with Gasteiger partial charge in [0.05, 0.1) is 48.4 Å². The Morgan fingerprint density at radius 2 is 1.97 bits per heavy atom. The van der Waals surface area contributed by atoms with Crippen LogP contribution in [-0.4, -0.2) is 78.8 Å². The molecule has 5 rings (SSSR count). The number of methoxy groups -OCH3 is 1. The first-order chi connectivity index (χ1) is 17.9. The van der Waals surface area contributed by atoms with Gasteiger partial charge in [0.25, 0.3) is 0 Å². The summed E-state index contributed by atoms with van der Waals surface area (Å²) in [4.78, 5) is 17.0. The highest BCUT2D eigenvalue weighted by Gasteiger charge is 2.57. The van der Waals surface area contributed by atoms with Gasteiger partial charge in [-0.05, 0) is 56.4 Å². The zero-order chi connectivity index (χ0) is 27.3. The number of aromatic nitrogens is 2. The smallest absolute Gasteiger partial charge is 0.379 e. The fraction of sp³-hybridized carbons (Fsp3) is 0.800. The molecule has 0 unspecified atom stereocenters. The van der Waals surface area contributed by atoms with E-state index in [0.717, 1.165) is 12.5 Å². The average Bonchev–Trinajstić information content (AvgIpc) is 3.58. The summed E-state index contributed by atoms with van der Waals surface area (Å²) >= 11 is 0. The molecule has 3 aliphatic heterocycles. The minimum absolute atomic E-state index is 0.0151. The van der Waals surface area contributed by atoms with Gasteiger partial charge in [-0.25, -0.2) is 0 Å². The van der Waals surface area contributed by atoms with E-state index in [2.05, 4.69) is 10.2 Å². The summed E-state index contributed by atoms with van der Waals surface area (Å²) in [5.74, 6) is -0.247. The number of carbonyl (C=O) groups excluding carboxylic acids is 1. The molecule has 13 heteroatoms. The summed E-state index contributed by atoms with van der Waals surface area (Å²) in [5.41, 5.74) is -2.43. The van der Waals surface area contributed by atoms with E-state index in [1.807, 2.05) is 0 Å². The minimum atomic E-state index is -4.57. The molecule has 4 heterocycles. The van der Waals surface area contributed by atoms with E-state index in [4.69, 9.17) is 9.47 Å². The molecule has 0 radical (unpaired) electrons. The maximum atomic E-state index is 13.8. The van der Waals surface area contributed by atoms with Crippen LogP contribution in [0.4, 0.5) is 32.2 Å². The Labute approximate surface area is 216 Å². The van der Waals surface area contributed by atoms with Crippen LogP contribution in [0.2, 0.25) is 0 Å². The molecule has 1 amide bonds. The predicted octanol–water partition coefficient (Wildman–Crippen LogP) is 4.47. The zero-order valence-corrected chi connectivity index (χ0v) is 21.1. The Hall–Kier alpha value is -2.15. The van der Waals surface area contributed by atoms with Crippen molar-refractivity contribution in [2.24, 2.45) is 17.3 Å². The maximum absolute atomic E-state index is 13.8. The van der Waals surface area contributed by atoms with Crippen LogP contribution in [0.1, 0.15) is 50.5 Å². The summed E-state index contributed by atoms with van der Waals surface area (Å²) in [6.07, 6.45) is -6.81. The number of hydrogen-bond acceptors (Lipinski definition) is 6. The van der Waals surface area contributed by atoms with Crippen LogP contribution in [0, 0.1) is 17.3 Å². The largest absolute Gasteiger partial charge is 0.418 e. The number of alkyl halides is 6. The minimum Gasteiger partial charge on any atom is -0.379 e. The van der Waals surface area contributed by atoms with Gasteiger partial charge < -0.3 is 19.3 Å². The summed E-state index contributed by atoms with van der Waals surface area (Å²) in [7, 11) is 1.61. The number of rotatable bonds is 6. The molecule has 0 N–H and O–H groups in total. The number of piperazine rings is 1. The Kier molecular flexibility index (Phi) is 7.29. The lowest BCUT2D eigenvalue weighted by molar-refractivity contribution is -0.175. The lowest BCUT2D eigenvalue weighted by Crippen LogP contribution is -2.54. The molecule has 0 aromatic carbocycles. The maximum Gasteiger partial charge on any atom is 0.418 e. The molecule has 6 atom stereocenters. The lowest BCUT2D eigenvalue weighted by Gasteiger charge is -2.40. The van der Waals surface area contributed by atoms with Crippen LogP contribution in [0.5, 0.6) is 0 Å². The second-order valence-electron chi connectivity index (χ2n) is 11.3. The lowest BCUT2D eigenvalue weighted by atomic mass is 9.78. The van der Waals surface area contributed by atoms with Crippen molar-refractivity contribution in [3.63, 3.8) is 0 Å². The average molecular weight is 551 g/mol. The first kappa shape index (κ1) is 27.4. The van der Waals surface area contributed by atoms with Gasteiger partial charge in [-0.1, -0.05) is 0 Å². The molecule has 4 fully saturated rings. The first-order valence-electron chi connectivity index (χ1n) is 13.0. The number of ether oxygens (including phenoxy) is 2. The van der Waals surface area contributed by atoms with E-state index in [-0.39, 0.29) is 61.8 Å². The summed E-state index contributed by atoms with van der Waals surface area (Å²) in [5, 5.41) is 7.33. The number of fused-ring (bicyclic) bond motifs is 2. The molecule has 1 aliphatic carbocycles. The van der Waals surface area contributed by atoms with E-state index in [9.17, 15) is 31.1 Å². The van der Waals surface area contributed by atoms with Crippen molar-refractivity contribution in [3.8, 4) is 0 Å². The molecule has 1 saturated carbocycles. The number of amides is 1. The molecule has 3 saturated heterocycles. The van der Waals surface area contributed by atoms with Gasteiger partial charge in [-0.15, -0.1) is 5.10 Å². The van der Waals surface area contributed by atoms with Crippen molar-refractivity contribution < 1.29 is 40.6 Å². The van der Waals surface area contributed by atoms with E-state index >= 15 is 0 Å². The van der Waals surface area contributed by atoms with Crippen molar-refractivity contribution in [2.45, 2.75) is 75.5 Å². The number of carbonyl (C=O) groups is 1. The Balaban J connectivity index is 1.29. The summed E-state index contributed by atoms with van der Waals surface area (Å²) in [6, 6.07) is 0.240. The third-order valence-corrected chi connectivity index (χ3v) is 8.85. The number of likely N-dealkylation sites (tertiary alicyclic amines) is 1. The molecule has 7 nitrogen and oxygen atoms in total. The highest BCUT2D eigenvalue weighted by Crippen LogP contribution is 2.53. The zero-order valence-electron chi connectivity index (χ0n) is 21.1. The Morgan fingerprint density at radius 3 is 2.63 bits per heavy atom. The quantitative estimate of drug-likeness (QED) is 0.488. The van der Waals surface area contributed by atoms with Gasteiger partial charge in [-0.3, -0.25) is 4.79 Å². The molecule has 212 valence electrons. The third-order valence-electron chi connectivity index (χ3n) is 8.85. The number of halogens is 6. The second-order valence-corrected chi connectivity index (χ2v) is 11.3. The number of anilines is 1. The molecule has 1 aromatic rings. The van der Waals surface area contributed by atoms with Gasteiger partial charge >= 0.3 is 12.4 Å². The molecule has 38 heavy (non-hydrogen) atoms. The highest BCUT2D eigenvalue weighted by atomic mass is 19.4. The number of nitrogens with zero attached hydrogens (tertiary/aromatic N) is 4. The van der Waals surface area contributed by atoms with Crippen molar-refractivity contribution >= 4 is 11.7 Å². The SMILES string of the molecule is CO[C@@H]1COCC[C@@H]1C[C@@H]1CC[C@](CC(F)(F)F)(C(=O)N2C[C@@H]3C[C@H]2CN3c2cc(C(F)(F)F)cnn2)C1. The van der Waals surface area contributed by atoms with Gasteiger partial charge in [0, 0.05) is 26.8 Å². The predicted molar refractivity (Wildman–Crippen MR) is 123 cm³/mol. The standard InChI is InChI=1S/C25H32F6N4O3/c1-37-20-13-38-5-3-16(20)6-15-2-4-23(9-15,14-24(26,27)28)22(36)35-12-18-8-19(35)11-34(18)21-7-17(10-32-33-21)25(29,30)31/h7,10,15-16,18-20H,2-6,8-9,11-14H2,1H3/t15-,16+,18-,19-,20+,23-/m0/s1. The van der Waals surface area contributed by atoms with E-state index < -0.39 is 35.7 Å².